The Labute approximate surface area is 161 Å². The molecule has 0 saturated carbocycles. The molecular weight excluding hydrogens is 376 g/mol. The molecule has 1 N–H and O–H groups in total. The normalized spacial score (nSPS) is 12.9. The van der Waals surface area contributed by atoms with Gasteiger partial charge in [0.1, 0.15) is 0 Å². The Morgan fingerprint density at radius 2 is 1.71 bits per heavy atom. The Bertz CT molecular complexity index is 1310. The maximum absolute atomic E-state index is 12.5. The van der Waals surface area contributed by atoms with Gasteiger partial charge in [0, 0.05) is 11.8 Å². The molecule has 0 aliphatic heterocycles. The van der Waals surface area contributed by atoms with E-state index in [1.165, 1.54) is 12.1 Å². The lowest BCUT2D eigenvalue weighted by Gasteiger charge is -2.13. The number of nitrogens with zero attached hydrogens (tertiary/aromatic N) is 3. The lowest BCUT2D eigenvalue weighted by molar-refractivity contribution is 0.602. The monoisotopic (exact) mass is 394 g/mol. The van der Waals surface area contributed by atoms with Gasteiger partial charge >= 0.3 is 5.69 Å². The predicted molar refractivity (Wildman–Crippen MR) is 107 cm³/mol. The van der Waals surface area contributed by atoms with Crippen LogP contribution in [0, 0.1) is 0 Å². The molecule has 4 aromatic rings. The average molecular weight is 394 g/mol. The summed E-state index contributed by atoms with van der Waals surface area (Å²) >= 11 is 0. The SMILES string of the molecule is CC(c1ccccc1)n1c(=O)[nH]c2ncc(-c3ccc(S(C)(=O)=O)cc3)nc21. The van der Waals surface area contributed by atoms with Crippen LogP contribution in [0.2, 0.25) is 0 Å². The number of hydrogen-bond donors (Lipinski definition) is 1. The summed E-state index contributed by atoms with van der Waals surface area (Å²) in [6, 6.07) is 15.9. The van der Waals surface area contributed by atoms with Crippen molar-refractivity contribution in [1.29, 1.82) is 0 Å². The zero-order valence-corrected chi connectivity index (χ0v) is 16.1. The predicted octanol–water partition coefficient (Wildman–Crippen LogP) is 2.80. The van der Waals surface area contributed by atoms with Crippen LogP contribution < -0.4 is 5.69 Å². The van der Waals surface area contributed by atoms with E-state index in [-0.39, 0.29) is 16.6 Å². The van der Waals surface area contributed by atoms with Crippen molar-refractivity contribution < 1.29 is 8.42 Å². The third-order valence-electron chi connectivity index (χ3n) is 4.67. The molecule has 0 bridgehead atoms. The molecule has 8 heteroatoms. The molecule has 2 aromatic carbocycles. The van der Waals surface area contributed by atoms with Crippen molar-refractivity contribution in [2.75, 3.05) is 6.26 Å². The highest BCUT2D eigenvalue weighted by Gasteiger charge is 2.17. The first-order chi connectivity index (χ1) is 13.3. The van der Waals surface area contributed by atoms with Gasteiger partial charge in [0.25, 0.3) is 0 Å². The van der Waals surface area contributed by atoms with Crippen molar-refractivity contribution in [3.05, 3.63) is 76.8 Å². The van der Waals surface area contributed by atoms with Crippen molar-refractivity contribution in [3.8, 4) is 11.3 Å². The zero-order valence-electron chi connectivity index (χ0n) is 15.3. The topological polar surface area (TPSA) is 97.7 Å². The van der Waals surface area contributed by atoms with E-state index >= 15 is 0 Å². The van der Waals surface area contributed by atoms with Crippen LogP contribution in [0.3, 0.4) is 0 Å². The molecular formula is C20H18N4O3S. The Morgan fingerprint density at radius 1 is 1.04 bits per heavy atom. The van der Waals surface area contributed by atoms with Crippen molar-refractivity contribution in [1.82, 2.24) is 19.5 Å². The number of nitrogens with one attached hydrogen (secondary N) is 1. The van der Waals surface area contributed by atoms with Crippen molar-refractivity contribution in [2.45, 2.75) is 17.9 Å². The van der Waals surface area contributed by atoms with E-state index in [2.05, 4.69) is 15.0 Å². The highest BCUT2D eigenvalue weighted by atomic mass is 32.2. The minimum atomic E-state index is -3.27. The van der Waals surface area contributed by atoms with Crippen LogP contribution >= 0.6 is 0 Å². The van der Waals surface area contributed by atoms with Crippen LogP contribution in [0.25, 0.3) is 22.6 Å². The Hall–Kier alpha value is -3.26. The summed E-state index contributed by atoms with van der Waals surface area (Å²) in [5.41, 5.74) is 2.83. The number of H-pyrrole nitrogens is 1. The number of sulfone groups is 1. The van der Waals surface area contributed by atoms with Crippen molar-refractivity contribution in [3.63, 3.8) is 0 Å². The fourth-order valence-corrected chi connectivity index (χ4v) is 3.78. The summed E-state index contributed by atoms with van der Waals surface area (Å²) in [7, 11) is -3.27. The first kappa shape index (κ1) is 18.1. The summed E-state index contributed by atoms with van der Waals surface area (Å²) in [6.07, 6.45) is 2.72. The van der Waals surface area contributed by atoms with Gasteiger partial charge in [0.05, 0.1) is 22.8 Å². The Morgan fingerprint density at radius 3 is 2.36 bits per heavy atom. The van der Waals surface area contributed by atoms with Crippen LogP contribution in [0.5, 0.6) is 0 Å². The van der Waals surface area contributed by atoms with Crippen LogP contribution in [-0.2, 0) is 9.84 Å². The lowest BCUT2D eigenvalue weighted by atomic mass is 10.1. The molecule has 7 nitrogen and oxygen atoms in total. The molecule has 0 saturated heterocycles. The van der Waals surface area contributed by atoms with E-state index in [1.807, 2.05) is 37.3 Å². The summed E-state index contributed by atoms with van der Waals surface area (Å²) in [5.74, 6) is 0. The molecule has 0 fully saturated rings. The summed E-state index contributed by atoms with van der Waals surface area (Å²) < 4.78 is 24.9. The fraction of sp³-hybridized carbons (Fsp3) is 0.150. The maximum atomic E-state index is 12.5. The van der Waals surface area contributed by atoms with Crippen LogP contribution in [0.4, 0.5) is 0 Å². The van der Waals surface area contributed by atoms with Crippen LogP contribution in [0.1, 0.15) is 18.5 Å². The number of aromatic nitrogens is 4. The van der Waals surface area contributed by atoms with Gasteiger partial charge in [-0.2, -0.15) is 0 Å². The van der Waals surface area contributed by atoms with Crippen LogP contribution in [-0.4, -0.2) is 34.2 Å². The summed E-state index contributed by atoms with van der Waals surface area (Å²) in [5, 5.41) is 0. The molecule has 0 amide bonds. The number of imidazole rings is 1. The van der Waals surface area contributed by atoms with Gasteiger partial charge in [-0.1, -0.05) is 42.5 Å². The molecule has 28 heavy (non-hydrogen) atoms. The molecule has 0 radical (unpaired) electrons. The van der Waals surface area contributed by atoms with Gasteiger partial charge in [-0.15, -0.1) is 0 Å². The van der Waals surface area contributed by atoms with Gasteiger partial charge in [-0.25, -0.2) is 23.2 Å². The summed E-state index contributed by atoms with van der Waals surface area (Å²) in [4.78, 5) is 24.4. The molecule has 0 aliphatic carbocycles. The maximum Gasteiger partial charge on any atom is 0.329 e. The first-order valence-corrected chi connectivity index (χ1v) is 10.6. The van der Waals surface area contributed by atoms with Gasteiger partial charge in [-0.05, 0) is 24.6 Å². The smallest absolute Gasteiger partial charge is 0.289 e. The van der Waals surface area contributed by atoms with Crippen LogP contribution in [0.15, 0.2) is 70.5 Å². The number of rotatable bonds is 4. The molecule has 142 valence electrons. The van der Waals surface area contributed by atoms with Gasteiger partial charge in [0.15, 0.2) is 21.1 Å². The highest BCUT2D eigenvalue weighted by molar-refractivity contribution is 7.90. The second kappa shape index (κ2) is 6.72. The Balaban J connectivity index is 1.82. The third kappa shape index (κ3) is 3.22. The highest BCUT2D eigenvalue weighted by Crippen LogP contribution is 2.23. The number of aromatic amines is 1. The second-order valence-electron chi connectivity index (χ2n) is 6.61. The van der Waals surface area contributed by atoms with E-state index in [0.29, 0.717) is 17.0 Å². The van der Waals surface area contributed by atoms with Gasteiger partial charge in [-0.3, -0.25) is 9.55 Å². The largest absolute Gasteiger partial charge is 0.329 e. The molecule has 2 aromatic heterocycles. The van der Waals surface area contributed by atoms with E-state index < -0.39 is 9.84 Å². The minimum Gasteiger partial charge on any atom is -0.289 e. The third-order valence-corrected chi connectivity index (χ3v) is 5.80. The van der Waals surface area contributed by atoms with Gasteiger partial charge in [0.2, 0.25) is 0 Å². The zero-order chi connectivity index (χ0) is 19.9. The summed E-state index contributed by atoms with van der Waals surface area (Å²) in [6.45, 7) is 1.93. The molecule has 4 rings (SSSR count). The standard InChI is InChI=1S/C20H18N4O3S/c1-13(14-6-4-3-5-7-14)24-19-18(23-20(24)25)21-12-17(22-19)15-8-10-16(11-9-15)28(2,26)27/h3-13H,1-2H3,(H,21,23,25). The van der Waals surface area contributed by atoms with Crippen molar-refractivity contribution in [2.24, 2.45) is 0 Å². The average Bonchev–Trinajstić information content (AvgIpc) is 3.02. The molecule has 0 spiro atoms. The van der Waals surface area contributed by atoms with E-state index in [1.54, 1.807) is 22.9 Å². The Kier molecular flexibility index (Phi) is 4.35. The molecule has 1 atom stereocenters. The molecule has 1 unspecified atom stereocenters. The fourth-order valence-electron chi connectivity index (χ4n) is 3.15. The van der Waals surface area contributed by atoms with Gasteiger partial charge < -0.3 is 0 Å². The number of hydrogen-bond acceptors (Lipinski definition) is 5. The first-order valence-electron chi connectivity index (χ1n) is 8.67. The van der Waals surface area contributed by atoms with E-state index in [9.17, 15) is 13.2 Å². The lowest BCUT2D eigenvalue weighted by Crippen LogP contribution is -2.21. The van der Waals surface area contributed by atoms with Crippen molar-refractivity contribution >= 4 is 21.1 Å². The number of fused-ring (bicyclic) bond motifs is 1. The molecule has 2 heterocycles. The van der Waals surface area contributed by atoms with E-state index in [4.69, 9.17) is 0 Å². The molecule has 0 aliphatic rings. The quantitative estimate of drug-likeness (QED) is 0.574. The number of benzene rings is 2. The van der Waals surface area contributed by atoms with E-state index in [0.717, 1.165) is 17.4 Å². The second-order valence-corrected chi connectivity index (χ2v) is 8.63. The minimum absolute atomic E-state index is 0.223.